The maximum Gasteiger partial charge on any atom is 0.241 e. The van der Waals surface area contributed by atoms with Gasteiger partial charge in [-0.15, -0.1) is 0 Å². The number of methoxy groups -OCH3 is 1. The van der Waals surface area contributed by atoms with Crippen molar-refractivity contribution in [1.29, 1.82) is 0 Å². The maximum atomic E-state index is 13.0. The van der Waals surface area contributed by atoms with Crippen molar-refractivity contribution in [3.63, 3.8) is 0 Å². The number of sulfonamides is 1. The largest absolute Gasteiger partial charge is 0.497 e. The van der Waals surface area contributed by atoms with Crippen molar-refractivity contribution in [3.8, 4) is 17.2 Å². The molecule has 0 saturated carbocycles. The highest BCUT2D eigenvalue weighted by Gasteiger charge is 2.25. The van der Waals surface area contributed by atoms with Gasteiger partial charge in [-0.2, -0.15) is 0 Å². The van der Waals surface area contributed by atoms with Crippen molar-refractivity contribution >= 4 is 10.0 Å². The Bertz CT molecular complexity index is 878. The van der Waals surface area contributed by atoms with E-state index in [4.69, 9.17) is 14.2 Å². The van der Waals surface area contributed by atoms with Gasteiger partial charge < -0.3 is 14.2 Å². The van der Waals surface area contributed by atoms with Crippen LogP contribution < -0.4 is 18.9 Å². The van der Waals surface area contributed by atoms with E-state index >= 15 is 0 Å². The molecule has 0 fully saturated rings. The molecule has 1 heterocycles. The molecule has 1 aliphatic rings. The molecule has 2 aromatic rings. The highest BCUT2D eigenvalue weighted by Crippen LogP contribution is 2.33. The molecule has 7 heteroatoms. The maximum absolute atomic E-state index is 13.0. The third-order valence-corrected chi connectivity index (χ3v) is 5.89. The molecule has 1 atom stereocenters. The van der Waals surface area contributed by atoms with Crippen LogP contribution in [0.3, 0.4) is 0 Å². The number of ether oxygens (including phenoxy) is 3. The second-order valence-electron chi connectivity index (χ2n) is 6.78. The molecular weight excluding hydrogens is 366 g/mol. The molecule has 0 amide bonds. The van der Waals surface area contributed by atoms with Crippen LogP contribution in [0.2, 0.25) is 0 Å². The number of nitrogens with one attached hydrogen (secondary N) is 1. The standard InChI is InChI=1S/C20H25NO5S/c1-14(2)20(15-5-7-16(24-3)8-6-15)21-27(22,23)17-9-10-18-19(13-17)26-12-4-11-25-18/h5-10,13-14,20-21H,4,11-12H2,1-3H3. The molecule has 1 aliphatic heterocycles. The first-order valence-corrected chi connectivity index (χ1v) is 10.4. The van der Waals surface area contributed by atoms with Crippen LogP contribution in [0.4, 0.5) is 0 Å². The summed E-state index contributed by atoms with van der Waals surface area (Å²) in [6.07, 6.45) is 0.766. The van der Waals surface area contributed by atoms with Crippen LogP contribution in [-0.4, -0.2) is 28.7 Å². The number of rotatable bonds is 6. The lowest BCUT2D eigenvalue weighted by Gasteiger charge is -2.23. The predicted molar refractivity (Wildman–Crippen MR) is 103 cm³/mol. The van der Waals surface area contributed by atoms with Crippen molar-refractivity contribution in [3.05, 3.63) is 48.0 Å². The van der Waals surface area contributed by atoms with Gasteiger partial charge in [0.2, 0.25) is 10.0 Å². The molecule has 0 radical (unpaired) electrons. The average Bonchev–Trinajstić information content (AvgIpc) is 2.91. The third-order valence-electron chi connectivity index (χ3n) is 4.45. The first-order chi connectivity index (χ1) is 12.9. The summed E-state index contributed by atoms with van der Waals surface area (Å²) in [6, 6.07) is 11.7. The van der Waals surface area contributed by atoms with Gasteiger partial charge in [-0.25, -0.2) is 13.1 Å². The van der Waals surface area contributed by atoms with Crippen molar-refractivity contribution in [2.45, 2.75) is 31.2 Å². The lowest BCUT2D eigenvalue weighted by molar-refractivity contribution is 0.297. The van der Waals surface area contributed by atoms with E-state index in [1.807, 2.05) is 38.1 Å². The Hall–Kier alpha value is -2.25. The highest BCUT2D eigenvalue weighted by molar-refractivity contribution is 7.89. The minimum atomic E-state index is -3.73. The molecular formula is C20H25NO5S. The summed E-state index contributed by atoms with van der Waals surface area (Å²) in [5.41, 5.74) is 0.878. The molecule has 146 valence electrons. The molecule has 0 aliphatic carbocycles. The number of fused-ring (bicyclic) bond motifs is 1. The van der Waals surface area contributed by atoms with Gasteiger partial charge in [0, 0.05) is 18.5 Å². The lowest BCUT2D eigenvalue weighted by Crippen LogP contribution is -2.31. The zero-order valence-corrected chi connectivity index (χ0v) is 16.6. The van der Waals surface area contributed by atoms with Gasteiger partial charge in [0.05, 0.1) is 25.2 Å². The summed E-state index contributed by atoms with van der Waals surface area (Å²) in [5.74, 6) is 1.82. The minimum absolute atomic E-state index is 0.0635. The van der Waals surface area contributed by atoms with Gasteiger partial charge in [-0.3, -0.25) is 0 Å². The first kappa shape index (κ1) is 19.5. The molecule has 0 aromatic heterocycles. The van der Waals surface area contributed by atoms with Crippen LogP contribution in [0.25, 0.3) is 0 Å². The Kier molecular flexibility index (Phi) is 5.92. The Morgan fingerprint density at radius 1 is 1.00 bits per heavy atom. The van der Waals surface area contributed by atoms with Gasteiger partial charge >= 0.3 is 0 Å². The van der Waals surface area contributed by atoms with Gasteiger partial charge in [-0.05, 0) is 35.7 Å². The van der Waals surface area contributed by atoms with E-state index in [0.717, 1.165) is 17.7 Å². The SMILES string of the molecule is COc1ccc(C(NS(=O)(=O)c2ccc3c(c2)OCCCO3)C(C)C)cc1. The first-order valence-electron chi connectivity index (χ1n) is 8.96. The monoisotopic (exact) mass is 391 g/mol. The fourth-order valence-electron chi connectivity index (χ4n) is 2.95. The molecule has 0 spiro atoms. The van der Waals surface area contributed by atoms with E-state index in [-0.39, 0.29) is 16.9 Å². The van der Waals surface area contributed by atoms with E-state index in [1.54, 1.807) is 19.2 Å². The summed E-state index contributed by atoms with van der Waals surface area (Å²) in [5, 5.41) is 0. The second kappa shape index (κ2) is 8.19. The predicted octanol–water partition coefficient (Wildman–Crippen LogP) is 3.53. The van der Waals surface area contributed by atoms with Crippen LogP contribution in [0.5, 0.6) is 17.2 Å². The Morgan fingerprint density at radius 2 is 1.67 bits per heavy atom. The molecule has 27 heavy (non-hydrogen) atoms. The Labute approximate surface area is 160 Å². The minimum Gasteiger partial charge on any atom is -0.497 e. The summed E-state index contributed by atoms with van der Waals surface area (Å²) < 4.78 is 45.2. The third kappa shape index (κ3) is 4.54. The zero-order valence-electron chi connectivity index (χ0n) is 15.8. The molecule has 1 N–H and O–H groups in total. The van der Waals surface area contributed by atoms with E-state index in [2.05, 4.69) is 4.72 Å². The van der Waals surface area contributed by atoms with E-state index in [1.165, 1.54) is 6.07 Å². The molecule has 0 saturated heterocycles. The van der Waals surface area contributed by atoms with Crippen LogP contribution in [0.1, 0.15) is 31.9 Å². The van der Waals surface area contributed by atoms with Crippen LogP contribution in [0, 0.1) is 5.92 Å². The van der Waals surface area contributed by atoms with Crippen LogP contribution >= 0.6 is 0 Å². The van der Waals surface area contributed by atoms with Crippen molar-refractivity contribution in [2.75, 3.05) is 20.3 Å². The van der Waals surface area contributed by atoms with Crippen molar-refractivity contribution in [1.82, 2.24) is 4.72 Å². The van der Waals surface area contributed by atoms with E-state index < -0.39 is 10.0 Å². The normalized spacial score (nSPS) is 15.3. The quantitative estimate of drug-likeness (QED) is 0.815. The topological polar surface area (TPSA) is 73.9 Å². The van der Waals surface area contributed by atoms with Crippen LogP contribution in [0.15, 0.2) is 47.4 Å². The van der Waals surface area contributed by atoms with Gasteiger partial charge in [-0.1, -0.05) is 26.0 Å². The average molecular weight is 391 g/mol. The fraction of sp³-hybridized carbons (Fsp3) is 0.400. The molecule has 3 rings (SSSR count). The molecule has 2 aromatic carbocycles. The number of benzene rings is 2. The second-order valence-corrected chi connectivity index (χ2v) is 8.49. The van der Waals surface area contributed by atoms with Crippen LogP contribution in [-0.2, 0) is 10.0 Å². The zero-order chi connectivity index (χ0) is 19.4. The van der Waals surface area contributed by atoms with Gasteiger partial charge in [0.25, 0.3) is 0 Å². The summed E-state index contributed by atoms with van der Waals surface area (Å²) in [4.78, 5) is 0.158. The number of hydrogen-bond acceptors (Lipinski definition) is 5. The molecule has 0 bridgehead atoms. The number of hydrogen-bond donors (Lipinski definition) is 1. The van der Waals surface area contributed by atoms with Crippen molar-refractivity contribution < 1.29 is 22.6 Å². The van der Waals surface area contributed by atoms with E-state index in [0.29, 0.717) is 24.7 Å². The fourth-order valence-corrected chi connectivity index (χ4v) is 4.33. The van der Waals surface area contributed by atoms with Crippen molar-refractivity contribution in [2.24, 2.45) is 5.92 Å². The summed E-state index contributed by atoms with van der Waals surface area (Å²) in [7, 11) is -2.13. The summed E-state index contributed by atoms with van der Waals surface area (Å²) >= 11 is 0. The smallest absolute Gasteiger partial charge is 0.241 e. The van der Waals surface area contributed by atoms with Gasteiger partial charge in [0.15, 0.2) is 11.5 Å². The van der Waals surface area contributed by atoms with E-state index in [9.17, 15) is 8.42 Å². The Morgan fingerprint density at radius 3 is 2.30 bits per heavy atom. The highest BCUT2D eigenvalue weighted by atomic mass is 32.2. The Balaban J connectivity index is 1.87. The molecule has 1 unspecified atom stereocenters. The summed E-state index contributed by atoms with van der Waals surface area (Å²) in [6.45, 7) is 5.02. The lowest BCUT2D eigenvalue weighted by atomic mass is 9.97. The van der Waals surface area contributed by atoms with Gasteiger partial charge in [0.1, 0.15) is 5.75 Å². The molecule has 6 nitrogen and oxygen atoms in total.